The number of rotatable bonds is 5. The Labute approximate surface area is 174 Å². The summed E-state index contributed by atoms with van der Waals surface area (Å²) in [4.78, 5) is 34.4. The van der Waals surface area contributed by atoms with Crippen LogP contribution >= 0.6 is 23.2 Å². The lowest BCUT2D eigenvalue weighted by molar-refractivity contribution is -0.384. The summed E-state index contributed by atoms with van der Waals surface area (Å²) in [6.07, 6.45) is 0.677. The summed E-state index contributed by atoms with van der Waals surface area (Å²) >= 11 is 12.0. The van der Waals surface area contributed by atoms with Crippen molar-refractivity contribution in [3.63, 3.8) is 0 Å². The molecule has 2 aromatic carbocycles. The molecular weight excluding hydrogens is 427 g/mol. The van der Waals surface area contributed by atoms with Gasteiger partial charge in [0.1, 0.15) is 0 Å². The van der Waals surface area contributed by atoms with Gasteiger partial charge in [-0.3, -0.25) is 14.9 Å². The Morgan fingerprint density at radius 2 is 1.90 bits per heavy atom. The molecule has 11 heteroatoms. The molecule has 29 heavy (non-hydrogen) atoms. The molecule has 0 unspecified atom stereocenters. The predicted molar refractivity (Wildman–Crippen MR) is 104 cm³/mol. The van der Waals surface area contributed by atoms with Crippen molar-refractivity contribution in [2.45, 2.75) is 6.42 Å². The molecule has 0 saturated heterocycles. The van der Waals surface area contributed by atoms with Crippen molar-refractivity contribution < 1.29 is 28.7 Å². The number of ether oxygens (including phenoxy) is 3. The molecule has 9 nitrogen and oxygen atoms in total. The zero-order valence-corrected chi connectivity index (χ0v) is 16.3. The SMILES string of the molecule is O=C(COC(=O)c1cc(Cl)c2c(c1)OCCCO2)Nc1ccc([N+](=O)[O-])cc1Cl. The van der Waals surface area contributed by atoms with Crippen molar-refractivity contribution >= 4 is 46.5 Å². The second kappa shape index (κ2) is 8.97. The Morgan fingerprint density at radius 1 is 1.14 bits per heavy atom. The molecule has 0 atom stereocenters. The highest BCUT2D eigenvalue weighted by Crippen LogP contribution is 2.38. The number of fused-ring (bicyclic) bond motifs is 1. The summed E-state index contributed by atoms with van der Waals surface area (Å²) in [6.45, 7) is 0.264. The molecule has 0 spiro atoms. The summed E-state index contributed by atoms with van der Waals surface area (Å²) in [5, 5.41) is 13.3. The van der Waals surface area contributed by atoms with Gasteiger partial charge in [-0.1, -0.05) is 23.2 Å². The van der Waals surface area contributed by atoms with Crippen LogP contribution in [0.15, 0.2) is 30.3 Å². The quantitative estimate of drug-likeness (QED) is 0.425. The molecule has 0 saturated carbocycles. The van der Waals surface area contributed by atoms with E-state index in [1.165, 1.54) is 24.3 Å². The number of carbonyl (C=O) groups is 2. The van der Waals surface area contributed by atoms with E-state index < -0.39 is 23.4 Å². The van der Waals surface area contributed by atoms with Gasteiger partial charge >= 0.3 is 5.97 Å². The number of amides is 1. The number of hydrogen-bond donors (Lipinski definition) is 1. The minimum atomic E-state index is -0.785. The van der Waals surface area contributed by atoms with E-state index in [0.717, 1.165) is 6.07 Å². The van der Waals surface area contributed by atoms with Gasteiger partial charge in [-0.2, -0.15) is 0 Å². The van der Waals surface area contributed by atoms with Crippen molar-refractivity contribution in [1.29, 1.82) is 0 Å². The molecule has 0 aromatic heterocycles. The van der Waals surface area contributed by atoms with E-state index in [1.54, 1.807) is 0 Å². The summed E-state index contributed by atoms with van der Waals surface area (Å²) in [7, 11) is 0. The minimum absolute atomic E-state index is 0.0199. The fourth-order valence-corrected chi connectivity index (χ4v) is 2.96. The Balaban J connectivity index is 1.62. The number of nitrogens with one attached hydrogen (secondary N) is 1. The molecular formula is C18H14Cl2N2O7. The van der Waals surface area contributed by atoms with Gasteiger partial charge in [-0.15, -0.1) is 0 Å². The van der Waals surface area contributed by atoms with E-state index in [4.69, 9.17) is 37.4 Å². The molecule has 1 amide bonds. The van der Waals surface area contributed by atoms with Crippen molar-refractivity contribution in [3.05, 3.63) is 56.1 Å². The van der Waals surface area contributed by atoms with Gasteiger partial charge in [0.15, 0.2) is 18.1 Å². The molecule has 0 radical (unpaired) electrons. The smallest absolute Gasteiger partial charge is 0.338 e. The van der Waals surface area contributed by atoms with Crippen molar-refractivity contribution in [3.8, 4) is 11.5 Å². The number of anilines is 1. The van der Waals surface area contributed by atoms with Crippen LogP contribution in [0.2, 0.25) is 10.0 Å². The maximum absolute atomic E-state index is 12.3. The highest BCUT2D eigenvalue weighted by atomic mass is 35.5. The molecule has 1 aliphatic heterocycles. The van der Waals surface area contributed by atoms with Gasteiger partial charge in [0.2, 0.25) is 0 Å². The second-order valence-electron chi connectivity index (χ2n) is 5.88. The maximum atomic E-state index is 12.3. The van der Waals surface area contributed by atoms with Crippen LogP contribution in [0.3, 0.4) is 0 Å². The summed E-state index contributed by atoms with van der Waals surface area (Å²) in [6, 6.07) is 6.36. The third-order valence-corrected chi connectivity index (χ3v) is 4.40. The van der Waals surface area contributed by atoms with Crippen molar-refractivity contribution in [2.24, 2.45) is 0 Å². The van der Waals surface area contributed by atoms with Crippen LogP contribution in [0.4, 0.5) is 11.4 Å². The molecule has 1 N–H and O–H groups in total. The van der Waals surface area contributed by atoms with E-state index in [2.05, 4.69) is 5.32 Å². The Hall–Kier alpha value is -3.04. The first-order chi connectivity index (χ1) is 13.8. The van der Waals surface area contributed by atoms with E-state index in [-0.39, 0.29) is 27.0 Å². The van der Waals surface area contributed by atoms with Gasteiger partial charge in [0, 0.05) is 18.6 Å². The molecule has 0 aliphatic carbocycles. The number of nitro benzene ring substituents is 1. The Kier molecular flexibility index (Phi) is 6.40. The molecule has 1 aliphatic rings. The van der Waals surface area contributed by atoms with Gasteiger partial charge < -0.3 is 19.5 Å². The number of nitrogens with zero attached hydrogens (tertiary/aromatic N) is 1. The van der Waals surface area contributed by atoms with Gasteiger partial charge in [0.25, 0.3) is 11.6 Å². The molecule has 3 rings (SSSR count). The monoisotopic (exact) mass is 440 g/mol. The average molecular weight is 441 g/mol. The topological polar surface area (TPSA) is 117 Å². The van der Waals surface area contributed by atoms with Crippen molar-refractivity contribution in [1.82, 2.24) is 0 Å². The molecule has 152 valence electrons. The van der Waals surface area contributed by atoms with E-state index in [9.17, 15) is 19.7 Å². The van der Waals surface area contributed by atoms with Gasteiger partial charge in [-0.25, -0.2) is 4.79 Å². The predicted octanol–water partition coefficient (Wildman–Crippen LogP) is 3.86. The third-order valence-electron chi connectivity index (χ3n) is 3.81. The Morgan fingerprint density at radius 3 is 2.62 bits per heavy atom. The molecule has 2 aromatic rings. The first-order valence-electron chi connectivity index (χ1n) is 8.35. The van der Waals surface area contributed by atoms with Crippen LogP contribution < -0.4 is 14.8 Å². The fraction of sp³-hybridized carbons (Fsp3) is 0.222. The number of esters is 1. The zero-order chi connectivity index (χ0) is 21.0. The number of nitro groups is 1. The first-order valence-corrected chi connectivity index (χ1v) is 9.11. The largest absolute Gasteiger partial charge is 0.489 e. The van der Waals surface area contributed by atoms with Gasteiger partial charge in [-0.05, 0) is 18.2 Å². The number of non-ortho nitro benzene ring substituents is 1. The lowest BCUT2D eigenvalue weighted by Crippen LogP contribution is -2.21. The number of hydrogen-bond acceptors (Lipinski definition) is 7. The second-order valence-corrected chi connectivity index (χ2v) is 6.70. The van der Waals surface area contributed by atoms with E-state index in [1.807, 2.05) is 0 Å². The number of carbonyl (C=O) groups excluding carboxylic acids is 2. The van der Waals surface area contributed by atoms with Crippen LogP contribution in [0, 0.1) is 10.1 Å². The normalized spacial score (nSPS) is 12.6. The lowest BCUT2D eigenvalue weighted by atomic mass is 10.2. The van der Waals surface area contributed by atoms with Crippen LogP contribution in [0.1, 0.15) is 16.8 Å². The van der Waals surface area contributed by atoms with E-state index >= 15 is 0 Å². The van der Waals surface area contributed by atoms with Gasteiger partial charge in [0.05, 0.1) is 39.4 Å². The zero-order valence-electron chi connectivity index (χ0n) is 14.8. The molecule has 0 bridgehead atoms. The standard InChI is InChI=1S/C18H14Cl2N2O7/c19-12-8-11(22(25)26)2-3-14(12)21-16(23)9-29-18(24)10-6-13(20)17-15(7-10)27-4-1-5-28-17/h2-3,6-8H,1,4-5,9H2,(H,21,23). The first kappa shape index (κ1) is 20.7. The summed E-state index contributed by atoms with van der Waals surface area (Å²) < 4.78 is 16.0. The van der Waals surface area contributed by atoms with Crippen LogP contribution in [0.5, 0.6) is 11.5 Å². The highest BCUT2D eigenvalue weighted by Gasteiger charge is 2.20. The number of benzene rings is 2. The third kappa shape index (κ3) is 5.07. The summed E-state index contributed by atoms with van der Waals surface area (Å²) in [5.74, 6) is -0.780. The van der Waals surface area contributed by atoms with Crippen LogP contribution in [-0.4, -0.2) is 36.6 Å². The minimum Gasteiger partial charge on any atom is -0.489 e. The van der Waals surface area contributed by atoms with Crippen molar-refractivity contribution in [2.75, 3.05) is 25.1 Å². The molecule has 1 heterocycles. The van der Waals surface area contributed by atoms with Crippen LogP contribution in [-0.2, 0) is 9.53 Å². The maximum Gasteiger partial charge on any atom is 0.338 e. The Bertz CT molecular complexity index is 981. The summed E-state index contributed by atoms with van der Waals surface area (Å²) in [5.41, 5.74) is 0.0306. The van der Waals surface area contributed by atoms with E-state index in [0.29, 0.717) is 31.1 Å². The fourth-order valence-electron chi connectivity index (χ4n) is 2.47. The van der Waals surface area contributed by atoms with Crippen LogP contribution in [0.25, 0.3) is 0 Å². The lowest BCUT2D eigenvalue weighted by Gasteiger charge is -2.11. The average Bonchev–Trinajstić information content (AvgIpc) is 2.93. The highest BCUT2D eigenvalue weighted by molar-refractivity contribution is 6.34. The number of halogens is 2. The molecule has 0 fully saturated rings.